The molecule has 1 aromatic rings. The average Bonchev–Trinajstić information content (AvgIpc) is 2.93. The van der Waals surface area contributed by atoms with Gasteiger partial charge in [0.1, 0.15) is 0 Å². The predicted molar refractivity (Wildman–Crippen MR) is 84.0 cm³/mol. The Labute approximate surface area is 130 Å². The Morgan fingerprint density at radius 1 is 1.50 bits per heavy atom. The van der Waals surface area contributed by atoms with Gasteiger partial charge in [0, 0.05) is 30.6 Å². The molecule has 0 aliphatic carbocycles. The van der Waals surface area contributed by atoms with Gasteiger partial charge in [-0.1, -0.05) is 0 Å². The number of thiophene rings is 1. The van der Waals surface area contributed by atoms with Gasteiger partial charge in [-0.05, 0) is 40.6 Å². The van der Waals surface area contributed by atoms with Gasteiger partial charge >= 0.3 is 0 Å². The molecule has 2 heterocycles. The standard InChI is InChI=1S/C12H15BrN2O3S2/c13-11-4-2-10(19-11)3-5-12(16)14-6-8-15-7-1-9-20(15,17)18/h2-5H,1,6-9H2,(H,14,16). The SMILES string of the molecule is O=C(C=Cc1ccc(Br)s1)NCCN1CCCS1(=O)=O. The highest BCUT2D eigenvalue weighted by Gasteiger charge is 2.27. The number of carbonyl (C=O) groups excluding carboxylic acids is 1. The second kappa shape index (κ2) is 6.84. The molecule has 110 valence electrons. The fourth-order valence-corrected chi connectivity index (χ4v) is 4.74. The molecule has 1 aliphatic heterocycles. The molecule has 20 heavy (non-hydrogen) atoms. The largest absolute Gasteiger partial charge is 0.351 e. The summed E-state index contributed by atoms with van der Waals surface area (Å²) in [6.07, 6.45) is 3.86. The Bertz CT molecular complexity index is 610. The third-order valence-corrected chi connectivity index (χ3v) is 6.40. The maximum Gasteiger partial charge on any atom is 0.244 e. The molecule has 8 heteroatoms. The lowest BCUT2D eigenvalue weighted by Gasteiger charge is -2.13. The second-order valence-electron chi connectivity index (χ2n) is 4.33. The lowest BCUT2D eigenvalue weighted by molar-refractivity contribution is -0.116. The summed E-state index contributed by atoms with van der Waals surface area (Å²) in [5.74, 6) is -0.000184. The van der Waals surface area contributed by atoms with E-state index in [4.69, 9.17) is 0 Å². The molecule has 1 aliphatic rings. The Morgan fingerprint density at radius 3 is 2.90 bits per heavy atom. The molecule has 0 radical (unpaired) electrons. The number of hydrogen-bond acceptors (Lipinski definition) is 4. The van der Waals surface area contributed by atoms with E-state index < -0.39 is 10.0 Å². The van der Waals surface area contributed by atoms with Crippen LogP contribution in [0.15, 0.2) is 22.0 Å². The predicted octanol–water partition coefficient (Wildman–Crippen LogP) is 1.68. The van der Waals surface area contributed by atoms with Crippen molar-refractivity contribution in [3.63, 3.8) is 0 Å². The number of nitrogens with one attached hydrogen (secondary N) is 1. The maximum atomic E-state index is 11.6. The number of amides is 1. The van der Waals surface area contributed by atoms with Gasteiger partial charge in [0.05, 0.1) is 9.54 Å². The lowest BCUT2D eigenvalue weighted by Crippen LogP contribution is -2.35. The lowest BCUT2D eigenvalue weighted by atomic mass is 10.4. The van der Waals surface area contributed by atoms with E-state index in [1.165, 1.54) is 21.7 Å². The minimum absolute atomic E-state index is 0.216. The topological polar surface area (TPSA) is 66.5 Å². The zero-order valence-corrected chi connectivity index (χ0v) is 13.9. The highest BCUT2D eigenvalue weighted by Crippen LogP contribution is 2.22. The first-order valence-corrected chi connectivity index (χ1v) is 9.38. The van der Waals surface area contributed by atoms with Crippen molar-refractivity contribution in [2.75, 3.05) is 25.4 Å². The van der Waals surface area contributed by atoms with Gasteiger partial charge in [0.25, 0.3) is 0 Å². The van der Waals surface area contributed by atoms with Crippen LogP contribution in [0.25, 0.3) is 6.08 Å². The number of hydrogen-bond donors (Lipinski definition) is 1. The zero-order valence-electron chi connectivity index (χ0n) is 10.7. The normalized spacial score (nSPS) is 18.6. The maximum absolute atomic E-state index is 11.6. The van der Waals surface area contributed by atoms with Crippen molar-refractivity contribution in [1.29, 1.82) is 0 Å². The fraction of sp³-hybridized carbons (Fsp3) is 0.417. The molecule has 2 rings (SSSR count). The number of halogens is 1. The van der Waals surface area contributed by atoms with Crippen molar-refractivity contribution in [3.05, 3.63) is 26.9 Å². The molecule has 1 fully saturated rings. The molecule has 0 bridgehead atoms. The first-order chi connectivity index (χ1) is 9.47. The van der Waals surface area contributed by atoms with E-state index in [0.29, 0.717) is 26.1 Å². The van der Waals surface area contributed by atoms with Crippen LogP contribution >= 0.6 is 27.3 Å². The van der Waals surface area contributed by atoms with Gasteiger partial charge < -0.3 is 5.32 Å². The molecule has 1 saturated heterocycles. The molecule has 1 aromatic heterocycles. The summed E-state index contributed by atoms with van der Waals surface area (Å²) in [6, 6.07) is 3.83. The van der Waals surface area contributed by atoms with Crippen LogP contribution in [0.2, 0.25) is 0 Å². The van der Waals surface area contributed by atoms with E-state index in [0.717, 1.165) is 8.66 Å². The molecule has 0 atom stereocenters. The van der Waals surface area contributed by atoms with Crippen molar-refractivity contribution in [2.45, 2.75) is 6.42 Å². The minimum Gasteiger partial charge on any atom is -0.351 e. The number of carbonyl (C=O) groups is 1. The molecule has 0 aromatic carbocycles. The third-order valence-electron chi connectivity index (χ3n) is 2.86. The summed E-state index contributed by atoms with van der Waals surface area (Å²) in [4.78, 5) is 12.6. The monoisotopic (exact) mass is 378 g/mol. The van der Waals surface area contributed by atoms with Gasteiger partial charge in [-0.2, -0.15) is 0 Å². The van der Waals surface area contributed by atoms with E-state index >= 15 is 0 Å². The van der Waals surface area contributed by atoms with E-state index in [1.807, 2.05) is 12.1 Å². The Balaban J connectivity index is 1.74. The van der Waals surface area contributed by atoms with Crippen molar-refractivity contribution in [3.8, 4) is 0 Å². The highest BCUT2D eigenvalue weighted by molar-refractivity contribution is 9.11. The second-order valence-corrected chi connectivity index (χ2v) is 8.92. The van der Waals surface area contributed by atoms with E-state index in [1.54, 1.807) is 6.08 Å². The number of sulfonamides is 1. The van der Waals surface area contributed by atoms with Crippen molar-refractivity contribution < 1.29 is 13.2 Å². The Morgan fingerprint density at radius 2 is 2.30 bits per heavy atom. The fourth-order valence-electron chi connectivity index (χ4n) is 1.88. The first kappa shape index (κ1) is 15.7. The summed E-state index contributed by atoms with van der Waals surface area (Å²) in [5.41, 5.74) is 0. The third kappa shape index (κ3) is 4.41. The van der Waals surface area contributed by atoms with Gasteiger partial charge in [-0.3, -0.25) is 4.79 Å². The van der Waals surface area contributed by atoms with Gasteiger partial charge in [0.15, 0.2) is 0 Å². The summed E-state index contributed by atoms with van der Waals surface area (Å²) in [5, 5.41) is 2.69. The number of nitrogens with zero attached hydrogens (tertiary/aromatic N) is 1. The van der Waals surface area contributed by atoms with E-state index in [2.05, 4.69) is 21.2 Å². The molecule has 0 spiro atoms. The van der Waals surface area contributed by atoms with Crippen LogP contribution in [0, 0.1) is 0 Å². The van der Waals surface area contributed by atoms with E-state index in [-0.39, 0.29) is 11.7 Å². The van der Waals surface area contributed by atoms with Crippen molar-refractivity contribution >= 4 is 49.3 Å². The molecule has 5 nitrogen and oxygen atoms in total. The van der Waals surface area contributed by atoms with Crippen LogP contribution in [-0.4, -0.2) is 44.0 Å². The Kier molecular flexibility index (Phi) is 5.36. The van der Waals surface area contributed by atoms with Crippen LogP contribution in [0.1, 0.15) is 11.3 Å². The van der Waals surface area contributed by atoms with Crippen LogP contribution < -0.4 is 5.32 Å². The first-order valence-electron chi connectivity index (χ1n) is 6.16. The molecular formula is C12H15BrN2O3S2. The molecule has 0 saturated carbocycles. The molecule has 0 unspecified atom stereocenters. The summed E-state index contributed by atoms with van der Waals surface area (Å²) in [6.45, 7) is 1.22. The van der Waals surface area contributed by atoms with Crippen LogP contribution in [0.5, 0.6) is 0 Å². The zero-order chi connectivity index (χ0) is 14.6. The molecular weight excluding hydrogens is 364 g/mol. The van der Waals surface area contributed by atoms with Crippen LogP contribution in [0.4, 0.5) is 0 Å². The Hall–Kier alpha value is -0.700. The average molecular weight is 379 g/mol. The smallest absolute Gasteiger partial charge is 0.244 e. The minimum atomic E-state index is -3.08. The van der Waals surface area contributed by atoms with Gasteiger partial charge in [-0.15, -0.1) is 11.3 Å². The van der Waals surface area contributed by atoms with Gasteiger partial charge in [0.2, 0.25) is 15.9 Å². The van der Waals surface area contributed by atoms with E-state index in [9.17, 15) is 13.2 Å². The van der Waals surface area contributed by atoms with Crippen LogP contribution in [-0.2, 0) is 14.8 Å². The summed E-state index contributed by atoms with van der Waals surface area (Å²) < 4.78 is 25.5. The highest BCUT2D eigenvalue weighted by atomic mass is 79.9. The van der Waals surface area contributed by atoms with Crippen molar-refractivity contribution in [2.24, 2.45) is 0 Å². The summed E-state index contributed by atoms with van der Waals surface area (Å²) >= 11 is 4.89. The summed E-state index contributed by atoms with van der Waals surface area (Å²) in [7, 11) is -3.08. The molecule has 1 amide bonds. The van der Waals surface area contributed by atoms with Crippen molar-refractivity contribution in [1.82, 2.24) is 9.62 Å². The van der Waals surface area contributed by atoms with Gasteiger partial charge in [-0.25, -0.2) is 12.7 Å². The molecule has 1 N–H and O–H groups in total. The van der Waals surface area contributed by atoms with Crippen LogP contribution in [0.3, 0.4) is 0 Å². The number of rotatable bonds is 5. The quantitative estimate of drug-likeness (QED) is 0.792.